The molecule has 0 aliphatic heterocycles. The first-order valence-corrected chi connectivity index (χ1v) is 7.06. The molecule has 0 aromatic carbocycles. The summed E-state index contributed by atoms with van der Waals surface area (Å²) in [7, 11) is 1.61. The molecule has 0 saturated heterocycles. The van der Waals surface area contributed by atoms with Gasteiger partial charge in [0.1, 0.15) is 11.2 Å². The highest BCUT2D eigenvalue weighted by Crippen LogP contribution is 2.28. The second-order valence-corrected chi connectivity index (χ2v) is 5.99. The van der Waals surface area contributed by atoms with Gasteiger partial charge in [0.05, 0.1) is 12.3 Å². The molecule has 116 valence electrons. The maximum absolute atomic E-state index is 12.3. The molecular weight excluding hydrogens is 314 g/mol. The Balaban J connectivity index is 0.00000220. The van der Waals surface area contributed by atoms with Gasteiger partial charge >= 0.3 is 0 Å². The molecule has 0 fully saturated rings. The van der Waals surface area contributed by atoms with Crippen LogP contribution < -0.4 is 11.3 Å². The Labute approximate surface area is 132 Å². The van der Waals surface area contributed by atoms with Crippen LogP contribution in [0, 0.1) is 0 Å². The minimum absolute atomic E-state index is 0. The van der Waals surface area contributed by atoms with Crippen LogP contribution in [0.25, 0.3) is 10.1 Å². The first-order valence-electron chi connectivity index (χ1n) is 6.24. The third kappa shape index (κ3) is 3.61. The molecule has 0 aliphatic rings. The molecule has 0 unspecified atom stereocenters. The maximum Gasteiger partial charge on any atom is 0.285 e. The summed E-state index contributed by atoms with van der Waals surface area (Å²) in [6, 6.07) is 1.93. The summed E-state index contributed by atoms with van der Waals surface area (Å²) < 4.78 is 6.84. The SMILES string of the molecule is COCc1cc2c(C(C)C)nn(CC(N)=O)c(=O)c2s1.Cl. The van der Waals surface area contributed by atoms with E-state index in [-0.39, 0.29) is 30.4 Å². The van der Waals surface area contributed by atoms with Crippen LogP contribution in [-0.2, 0) is 22.7 Å². The van der Waals surface area contributed by atoms with Crippen LogP contribution in [0.3, 0.4) is 0 Å². The van der Waals surface area contributed by atoms with Crippen molar-refractivity contribution in [3.05, 3.63) is 27.0 Å². The van der Waals surface area contributed by atoms with Crippen molar-refractivity contribution in [2.75, 3.05) is 7.11 Å². The highest BCUT2D eigenvalue weighted by molar-refractivity contribution is 7.19. The van der Waals surface area contributed by atoms with E-state index in [2.05, 4.69) is 5.10 Å². The Morgan fingerprint density at radius 2 is 2.19 bits per heavy atom. The second-order valence-electron chi connectivity index (χ2n) is 4.86. The monoisotopic (exact) mass is 331 g/mol. The van der Waals surface area contributed by atoms with Crippen LogP contribution in [0.4, 0.5) is 0 Å². The van der Waals surface area contributed by atoms with Crippen LogP contribution in [0.2, 0.25) is 0 Å². The molecule has 0 saturated carbocycles. The van der Waals surface area contributed by atoms with Crippen LogP contribution in [0.1, 0.15) is 30.3 Å². The number of ether oxygens (including phenoxy) is 1. The molecule has 0 spiro atoms. The molecule has 1 amide bonds. The number of hydrogen-bond donors (Lipinski definition) is 1. The highest BCUT2D eigenvalue weighted by atomic mass is 35.5. The zero-order valence-corrected chi connectivity index (χ0v) is 13.7. The van der Waals surface area contributed by atoms with Gasteiger partial charge in [-0.1, -0.05) is 13.8 Å². The van der Waals surface area contributed by atoms with Crippen molar-refractivity contribution in [3.8, 4) is 0 Å². The Hall–Kier alpha value is -1.44. The van der Waals surface area contributed by atoms with Gasteiger partial charge in [0.25, 0.3) is 5.56 Å². The first-order chi connectivity index (χ1) is 9.43. The number of carbonyl (C=O) groups excluding carboxylic acids is 1. The van der Waals surface area contributed by atoms with Crippen molar-refractivity contribution < 1.29 is 9.53 Å². The molecule has 0 radical (unpaired) electrons. The molecular formula is C13H18ClN3O3S. The first kappa shape index (κ1) is 17.6. The van der Waals surface area contributed by atoms with Crippen molar-refractivity contribution in [3.63, 3.8) is 0 Å². The average molecular weight is 332 g/mol. The lowest BCUT2D eigenvalue weighted by Gasteiger charge is -2.09. The molecule has 2 aromatic rings. The molecule has 2 heterocycles. The van der Waals surface area contributed by atoms with Gasteiger partial charge in [0, 0.05) is 17.4 Å². The van der Waals surface area contributed by atoms with Gasteiger partial charge in [-0.15, -0.1) is 23.7 Å². The Bertz CT molecular complexity index is 708. The van der Waals surface area contributed by atoms with Crippen molar-refractivity contribution in [2.24, 2.45) is 5.73 Å². The fourth-order valence-electron chi connectivity index (χ4n) is 2.03. The number of amides is 1. The quantitative estimate of drug-likeness (QED) is 0.902. The van der Waals surface area contributed by atoms with Crippen molar-refractivity contribution in [2.45, 2.75) is 32.9 Å². The molecule has 0 bridgehead atoms. The summed E-state index contributed by atoms with van der Waals surface area (Å²) >= 11 is 1.37. The van der Waals surface area contributed by atoms with Crippen LogP contribution >= 0.6 is 23.7 Å². The number of hydrogen-bond acceptors (Lipinski definition) is 5. The Morgan fingerprint density at radius 3 is 2.71 bits per heavy atom. The summed E-state index contributed by atoms with van der Waals surface area (Å²) in [5, 5.41) is 5.12. The minimum Gasteiger partial charge on any atom is -0.379 e. The van der Waals surface area contributed by atoms with Crippen molar-refractivity contribution in [1.29, 1.82) is 0 Å². The number of nitrogens with two attached hydrogens (primary N) is 1. The zero-order valence-electron chi connectivity index (χ0n) is 12.1. The van der Waals surface area contributed by atoms with Gasteiger partial charge in [0.2, 0.25) is 5.91 Å². The van der Waals surface area contributed by atoms with E-state index in [4.69, 9.17) is 10.5 Å². The van der Waals surface area contributed by atoms with Gasteiger partial charge in [-0.25, -0.2) is 4.68 Å². The summed E-state index contributed by atoms with van der Waals surface area (Å²) in [5.41, 5.74) is 5.67. The fraction of sp³-hybridized carbons (Fsp3) is 0.462. The number of primary amides is 1. The van der Waals surface area contributed by atoms with E-state index in [0.717, 1.165) is 20.6 Å². The molecule has 8 heteroatoms. The van der Waals surface area contributed by atoms with Gasteiger partial charge < -0.3 is 10.5 Å². The van der Waals surface area contributed by atoms with E-state index in [1.165, 1.54) is 11.3 Å². The number of carbonyl (C=O) groups is 1. The molecule has 6 nitrogen and oxygen atoms in total. The number of aromatic nitrogens is 2. The standard InChI is InChI=1S/C13H17N3O3S.ClH/c1-7(2)11-9-4-8(6-19-3)20-12(9)13(18)16(15-11)5-10(14)17;/h4,7H,5-6H2,1-3H3,(H2,14,17);1H. The van der Waals surface area contributed by atoms with Crippen molar-refractivity contribution >= 4 is 39.7 Å². The number of methoxy groups -OCH3 is 1. The Kier molecular flexibility index (Phi) is 5.88. The molecule has 2 N–H and O–H groups in total. The normalized spacial score (nSPS) is 10.9. The molecule has 0 atom stereocenters. The lowest BCUT2D eigenvalue weighted by molar-refractivity contribution is -0.118. The van der Waals surface area contributed by atoms with E-state index in [1.807, 2.05) is 19.9 Å². The van der Waals surface area contributed by atoms with Crippen molar-refractivity contribution in [1.82, 2.24) is 9.78 Å². The number of rotatable bonds is 5. The van der Waals surface area contributed by atoms with Crippen LogP contribution in [0.5, 0.6) is 0 Å². The number of fused-ring (bicyclic) bond motifs is 1. The molecule has 2 rings (SSSR count). The molecule has 0 aliphatic carbocycles. The smallest absolute Gasteiger partial charge is 0.285 e. The summed E-state index contributed by atoms with van der Waals surface area (Å²) in [6.07, 6.45) is 0. The zero-order chi connectivity index (χ0) is 14.9. The lowest BCUT2D eigenvalue weighted by atomic mass is 10.1. The number of nitrogens with zero attached hydrogens (tertiary/aromatic N) is 2. The van der Waals surface area contributed by atoms with E-state index in [0.29, 0.717) is 11.3 Å². The lowest BCUT2D eigenvalue weighted by Crippen LogP contribution is -2.30. The Morgan fingerprint density at radius 1 is 1.52 bits per heavy atom. The largest absolute Gasteiger partial charge is 0.379 e. The van der Waals surface area contributed by atoms with Crippen LogP contribution in [-0.4, -0.2) is 22.8 Å². The molecule has 21 heavy (non-hydrogen) atoms. The maximum atomic E-state index is 12.3. The molecule has 2 aromatic heterocycles. The van der Waals surface area contributed by atoms with E-state index >= 15 is 0 Å². The predicted octanol–water partition coefficient (Wildman–Crippen LogP) is 1.63. The van der Waals surface area contributed by atoms with Gasteiger partial charge in [-0.05, 0) is 12.0 Å². The van der Waals surface area contributed by atoms with Gasteiger partial charge in [-0.3, -0.25) is 9.59 Å². The van der Waals surface area contributed by atoms with Gasteiger partial charge in [0.15, 0.2) is 0 Å². The summed E-state index contributed by atoms with van der Waals surface area (Å²) in [6.45, 7) is 4.24. The highest BCUT2D eigenvalue weighted by Gasteiger charge is 2.17. The predicted molar refractivity (Wildman–Crippen MR) is 85.1 cm³/mol. The topological polar surface area (TPSA) is 87.2 Å². The number of halogens is 1. The summed E-state index contributed by atoms with van der Waals surface area (Å²) in [4.78, 5) is 24.3. The van der Waals surface area contributed by atoms with Crippen LogP contribution in [0.15, 0.2) is 10.9 Å². The number of thiophene rings is 1. The third-order valence-corrected chi connectivity index (χ3v) is 3.95. The van der Waals surface area contributed by atoms with E-state index < -0.39 is 5.91 Å². The fourth-order valence-corrected chi connectivity index (χ4v) is 3.11. The third-order valence-electron chi connectivity index (χ3n) is 2.86. The van der Waals surface area contributed by atoms with E-state index in [1.54, 1.807) is 7.11 Å². The van der Waals surface area contributed by atoms with E-state index in [9.17, 15) is 9.59 Å². The second kappa shape index (κ2) is 7.02. The average Bonchev–Trinajstić information content (AvgIpc) is 2.76. The van der Waals surface area contributed by atoms with Gasteiger partial charge in [-0.2, -0.15) is 5.10 Å². The minimum atomic E-state index is -0.581. The summed E-state index contributed by atoms with van der Waals surface area (Å²) in [5.74, 6) is -0.440.